The molecular formula is C23H34N4O2. The highest BCUT2D eigenvalue weighted by Gasteiger charge is 2.53. The predicted molar refractivity (Wildman–Crippen MR) is 116 cm³/mol. The minimum absolute atomic E-state index is 0.182. The fraction of sp³-hybridized carbons (Fsp3) is 0.609. The summed E-state index contributed by atoms with van der Waals surface area (Å²) in [7, 11) is 1.94. The zero-order valence-corrected chi connectivity index (χ0v) is 18.7. The summed E-state index contributed by atoms with van der Waals surface area (Å²) in [4.78, 5) is 17.1. The van der Waals surface area contributed by atoms with Crippen molar-refractivity contribution in [2.75, 3.05) is 23.8 Å². The van der Waals surface area contributed by atoms with Gasteiger partial charge < -0.3 is 19.5 Å². The molecule has 0 aromatic carbocycles. The van der Waals surface area contributed by atoms with Crippen molar-refractivity contribution >= 4 is 17.8 Å². The molecule has 3 unspecified atom stereocenters. The summed E-state index contributed by atoms with van der Waals surface area (Å²) in [5.41, 5.74) is 4.81. The van der Waals surface area contributed by atoms with Crippen molar-refractivity contribution in [1.82, 2.24) is 10.1 Å². The van der Waals surface area contributed by atoms with Crippen LogP contribution in [-0.4, -0.2) is 30.0 Å². The predicted octanol–water partition coefficient (Wildman–Crippen LogP) is 4.72. The van der Waals surface area contributed by atoms with E-state index < -0.39 is 0 Å². The van der Waals surface area contributed by atoms with E-state index in [4.69, 9.17) is 9.51 Å². The standard InChI is InChI=1S/C17H22N4O.C6H12O/c1-9-5-14-16(19-17(9)18-4)15-11(3)13(15)8-21(14)7-12-6-10(2)20-22-12;1-6(2,3)4-5-7/h5-6,11,13,15H,7-8H2,1-4H3,(H,18,19);5H,4H2,1-3H3. The summed E-state index contributed by atoms with van der Waals surface area (Å²) in [6.07, 6.45) is 1.62. The van der Waals surface area contributed by atoms with Crippen LogP contribution in [0.15, 0.2) is 16.7 Å². The number of carbonyl (C=O) groups excluding carboxylic acids is 1. The van der Waals surface area contributed by atoms with Gasteiger partial charge in [0.05, 0.1) is 23.6 Å². The lowest BCUT2D eigenvalue weighted by atomic mass is 9.93. The fourth-order valence-electron chi connectivity index (χ4n) is 4.07. The highest BCUT2D eigenvalue weighted by atomic mass is 16.5. The number of fused-ring (bicyclic) bond motifs is 3. The van der Waals surface area contributed by atoms with Gasteiger partial charge in [-0.1, -0.05) is 32.9 Å². The average Bonchev–Trinajstić information content (AvgIpc) is 3.08. The summed E-state index contributed by atoms with van der Waals surface area (Å²) in [5, 5.41) is 7.21. The molecule has 0 amide bonds. The third kappa shape index (κ3) is 4.80. The molecule has 4 rings (SSSR count). The molecule has 0 radical (unpaired) electrons. The lowest BCUT2D eigenvalue weighted by Gasteiger charge is -2.30. The monoisotopic (exact) mass is 398 g/mol. The van der Waals surface area contributed by atoms with Crippen molar-refractivity contribution < 1.29 is 9.32 Å². The van der Waals surface area contributed by atoms with E-state index in [-0.39, 0.29) is 5.41 Å². The summed E-state index contributed by atoms with van der Waals surface area (Å²) >= 11 is 0. The van der Waals surface area contributed by atoms with Crippen LogP contribution < -0.4 is 10.2 Å². The molecule has 1 saturated carbocycles. The summed E-state index contributed by atoms with van der Waals surface area (Å²) in [5.74, 6) is 3.98. The third-order valence-corrected chi connectivity index (χ3v) is 5.83. The number of anilines is 2. The second-order valence-electron chi connectivity index (χ2n) is 9.60. The molecule has 6 nitrogen and oxygen atoms in total. The Bertz CT molecular complexity index is 868. The van der Waals surface area contributed by atoms with E-state index in [1.807, 2.05) is 40.8 Å². The average molecular weight is 399 g/mol. The molecule has 3 atom stereocenters. The quantitative estimate of drug-likeness (QED) is 0.752. The maximum Gasteiger partial charge on any atom is 0.156 e. The van der Waals surface area contributed by atoms with Crippen molar-refractivity contribution in [1.29, 1.82) is 0 Å². The van der Waals surface area contributed by atoms with Gasteiger partial charge in [-0.15, -0.1) is 0 Å². The smallest absolute Gasteiger partial charge is 0.156 e. The molecule has 2 aliphatic rings. The van der Waals surface area contributed by atoms with Crippen molar-refractivity contribution in [3.8, 4) is 0 Å². The van der Waals surface area contributed by atoms with Gasteiger partial charge in [0.25, 0.3) is 0 Å². The second-order valence-corrected chi connectivity index (χ2v) is 9.60. The Kier molecular flexibility index (Phi) is 6.01. The number of nitrogens with zero attached hydrogens (tertiary/aromatic N) is 3. The van der Waals surface area contributed by atoms with Crippen LogP contribution in [0.1, 0.15) is 62.7 Å². The molecule has 3 heterocycles. The summed E-state index contributed by atoms with van der Waals surface area (Å²) < 4.78 is 5.41. The summed E-state index contributed by atoms with van der Waals surface area (Å²) in [6.45, 7) is 14.4. The maximum absolute atomic E-state index is 9.82. The van der Waals surface area contributed by atoms with Crippen LogP contribution in [0.2, 0.25) is 0 Å². The molecule has 2 aromatic heterocycles. The van der Waals surface area contributed by atoms with E-state index >= 15 is 0 Å². The molecule has 1 aliphatic heterocycles. The molecule has 1 N–H and O–H groups in total. The molecule has 0 bridgehead atoms. The number of rotatable bonds is 4. The van der Waals surface area contributed by atoms with Crippen LogP contribution in [0, 0.1) is 31.1 Å². The SMILES string of the molecule is CC(C)(C)CC=O.CNc1nc2c(cc1C)N(Cc1cc(C)no1)CC1C(C)C21. The first-order valence-electron chi connectivity index (χ1n) is 10.4. The van der Waals surface area contributed by atoms with E-state index in [0.717, 1.165) is 48.5 Å². The molecule has 1 fully saturated rings. The van der Waals surface area contributed by atoms with Gasteiger partial charge in [-0.05, 0) is 42.7 Å². The van der Waals surface area contributed by atoms with Crippen molar-refractivity contribution in [3.05, 3.63) is 34.8 Å². The first kappa shape index (κ1) is 21.3. The first-order valence-corrected chi connectivity index (χ1v) is 10.4. The van der Waals surface area contributed by atoms with Crippen LogP contribution in [0.4, 0.5) is 11.5 Å². The van der Waals surface area contributed by atoms with Gasteiger partial charge in [-0.25, -0.2) is 4.98 Å². The molecular weight excluding hydrogens is 364 g/mol. The van der Waals surface area contributed by atoms with Gasteiger partial charge in [0.1, 0.15) is 12.1 Å². The summed E-state index contributed by atoms with van der Waals surface area (Å²) in [6, 6.07) is 4.28. The fourth-order valence-corrected chi connectivity index (χ4v) is 4.07. The van der Waals surface area contributed by atoms with Gasteiger partial charge in [0.2, 0.25) is 0 Å². The molecule has 6 heteroatoms. The first-order chi connectivity index (χ1) is 13.6. The van der Waals surface area contributed by atoms with Crippen molar-refractivity contribution in [2.45, 2.75) is 60.4 Å². The third-order valence-electron chi connectivity index (χ3n) is 5.83. The molecule has 2 aromatic rings. The minimum Gasteiger partial charge on any atom is -0.373 e. The van der Waals surface area contributed by atoms with Crippen LogP contribution in [0.5, 0.6) is 0 Å². The van der Waals surface area contributed by atoms with Gasteiger partial charge in [0, 0.05) is 32.0 Å². The number of aryl methyl sites for hydroxylation is 2. The van der Waals surface area contributed by atoms with Crippen LogP contribution in [0.25, 0.3) is 0 Å². The molecule has 0 spiro atoms. The Morgan fingerprint density at radius 3 is 2.55 bits per heavy atom. The lowest BCUT2D eigenvalue weighted by Crippen LogP contribution is -2.30. The van der Waals surface area contributed by atoms with Crippen LogP contribution >= 0.6 is 0 Å². The Hall–Kier alpha value is -2.37. The molecule has 158 valence electrons. The van der Waals surface area contributed by atoms with E-state index in [1.54, 1.807) is 0 Å². The number of pyridine rings is 1. The Labute approximate surface area is 174 Å². The Morgan fingerprint density at radius 2 is 2.03 bits per heavy atom. The van der Waals surface area contributed by atoms with Crippen molar-refractivity contribution in [3.63, 3.8) is 0 Å². The number of hydrogen-bond donors (Lipinski definition) is 1. The van der Waals surface area contributed by atoms with E-state index in [0.29, 0.717) is 12.3 Å². The number of nitrogens with one attached hydrogen (secondary N) is 1. The maximum atomic E-state index is 9.82. The molecule has 0 saturated heterocycles. The second kappa shape index (κ2) is 8.17. The van der Waals surface area contributed by atoms with Crippen LogP contribution in [-0.2, 0) is 11.3 Å². The lowest BCUT2D eigenvalue weighted by molar-refractivity contribution is -0.109. The topological polar surface area (TPSA) is 71.3 Å². The number of aromatic nitrogens is 2. The van der Waals surface area contributed by atoms with Gasteiger partial charge in [-0.3, -0.25) is 0 Å². The largest absolute Gasteiger partial charge is 0.373 e. The van der Waals surface area contributed by atoms with Gasteiger partial charge in [-0.2, -0.15) is 0 Å². The molecule has 1 aliphatic carbocycles. The molecule has 29 heavy (non-hydrogen) atoms. The van der Waals surface area contributed by atoms with E-state index in [1.165, 1.54) is 16.9 Å². The number of aldehydes is 1. The minimum atomic E-state index is 0.182. The number of carbonyl (C=O) groups is 1. The zero-order valence-electron chi connectivity index (χ0n) is 18.7. The van der Waals surface area contributed by atoms with Crippen molar-refractivity contribution in [2.24, 2.45) is 17.3 Å². The van der Waals surface area contributed by atoms with E-state index in [9.17, 15) is 4.79 Å². The van der Waals surface area contributed by atoms with E-state index in [2.05, 4.69) is 35.3 Å². The highest BCUT2D eigenvalue weighted by Crippen LogP contribution is 2.59. The van der Waals surface area contributed by atoms with Gasteiger partial charge >= 0.3 is 0 Å². The van der Waals surface area contributed by atoms with Gasteiger partial charge in [0.15, 0.2) is 5.76 Å². The normalized spacial score (nSPS) is 22.2. The Morgan fingerprint density at radius 1 is 1.31 bits per heavy atom. The Balaban J connectivity index is 0.000000298. The zero-order chi connectivity index (χ0) is 21.3. The number of hydrogen-bond acceptors (Lipinski definition) is 6. The highest BCUT2D eigenvalue weighted by molar-refractivity contribution is 5.63. The van der Waals surface area contributed by atoms with Crippen LogP contribution in [0.3, 0.4) is 0 Å².